The van der Waals surface area contributed by atoms with Crippen LogP contribution >= 0.6 is 0 Å². The van der Waals surface area contributed by atoms with Crippen LogP contribution < -0.4 is 0 Å². The van der Waals surface area contributed by atoms with Crippen LogP contribution in [0.25, 0.3) is 0 Å². The molecule has 3 heteroatoms. The van der Waals surface area contributed by atoms with Crippen LogP contribution in [0.2, 0.25) is 0 Å². The standard InChI is InChI=1S/C32H50O3/c1-21(34)35-26-12-13-29(6)24(28(26,4)5)11-14-31(8)25(29)10-9-22-23-19-27(2,3)15-17-32(23,20-33)18-16-30(22,31)7/h9,20,23-26H,10-19H2,1-8H3. The lowest BCUT2D eigenvalue weighted by Crippen LogP contribution is -2.65. The number of fused-ring (bicyclic) bond motifs is 7. The summed E-state index contributed by atoms with van der Waals surface area (Å²) < 4.78 is 5.89. The maximum Gasteiger partial charge on any atom is 0.302 e. The monoisotopic (exact) mass is 482 g/mol. The molecule has 4 fully saturated rings. The van der Waals surface area contributed by atoms with E-state index in [0.717, 1.165) is 44.9 Å². The minimum Gasteiger partial charge on any atom is -0.462 e. The summed E-state index contributed by atoms with van der Waals surface area (Å²) in [5.74, 6) is 1.49. The Bertz CT molecular complexity index is 944. The highest BCUT2D eigenvalue weighted by Crippen LogP contribution is 2.75. The van der Waals surface area contributed by atoms with Crippen molar-refractivity contribution in [2.75, 3.05) is 0 Å². The number of hydrogen-bond acceptors (Lipinski definition) is 3. The van der Waals surface area contributed by atoms with Crippen LogP contribution in [0.3, 0.4) is 0 Å². The SMILES string of the molecule is CC(=O)OC1CCC2(C)C(CCC3(C)C2CC=C2C4CC(C)(C)CCC4(C=O)CCC23C)C1(C)C. The molecule has 0 aliphatic heterocycles. The molecular weight excluding hydrogens is 432 g/mol. The first-order valence-corrected chi connectivity index (χ1v) is 14.5. The molecule has 0 aromatic rings. The van der Waals surface area contributed by atoms with Gasteiger partial charge in [0.25, 0.3) is 0 Å². The van der Waals surface area contributed by atoms with Gasteiger partial charge in [0.15, 0.2) is 0 Å². The maximum absolute atomic E-state index is 12.6. The lowest BCUT2D eigenvalue weighted by molar-refractivity contribution is -0.211. The molecule has 8 unspecified atom stereocenters. The van der Waals surface area contributed by atoms with E-state index in [4.69, 9.17) is 4.74 Å². The average molecular weight is 483 g/mol. The van der Waals surface area contributed by atoms with Crippen LogP contribution in [0.5, 0.6) is 0 Å². The van der Waals surface area contributed by atoms with E-state index < -0.39 is 0 Å². The lowest BCUT2D eigenvalue weighted by Gasteiger charge is -2.71. The predicted molar refractivity (Wildman–Crippen MR) is 141 cm³/mol. The number of aldehydes is 1. The normalized spacial score (nSPS) is 49.9. The zero-order chi connectivity index (χ0) is 25.7. The quantitative estimate of drug-likeness (QED) is 0.228. The van der Waals surface area contributed by atoms with Crippen LogP contribution in [0.15, 0.2) is 11.6 Å². The molecule has 0 radical (unpaired) electrons. The first-order valence-electron chi connectivity index (χ1n) is 14.5. The molecule has 0 amide bonds. The molecule has 0 aromatic carbocycles. The molecule has 196 valence electrons. The molecule has 3 nitrogen and oxygen atoms in total. The molecule has 5 rings (SSSR count). The van der Waals surface area contributed by atoms with Gasteiger partial charge < -0.3 is 9.53 Å². The number of rotatable bonds is 2. The van der Waals surface area contributed by atoms with Gasteiger partial charge in [-0.05, 0) is 104 Å². The van der Waals surface area contributed by atoms with Crippen molar-refractivity contribution >= 4 is 12.3 Å². The van der Waals surface area contributed by atoms with Crippen molar-refractivity contribution in [2.45, 2.75) is 126 Å². The van der Waals surface area contributed by atoms with Crippen molar-refractivity contribution in [1.29, 1.82) is 0 Å². The van der Waals surface area contributed by atoms with E-state index in [-0.39, 0.29) is 39.1 Å². The predicted octanol–water partition coefficient (Wildman–Crippen LogP) is 7.92. The molecule has 35 heavy (non-hydrogen) atoms. The number of carbonyl (C=O) groups excluding carboxylic acids is 2. The van der Waals surface area contributed by atoms with Gasteiger partial charge in [-0.25, -0.2) is 0 Å². The van der Waals surface area contributed by atoms with Crippen molar-refractivity contribution in [3.8, 4) is 0 Å². The van der Waals surface area contributed by atoms with Crippen molar-refractivity contribution in [3.05, 3.63) is 11.6 Å². The van der Waals surface area contributed by atoms with Gasteiger partial charge in [0.1, 0.15) is 12.4 Å². The molecular formula is C32H50O3. The fourth-order valence-corrected chi connectivity index (χ4v) is 10.9. The highest BCUT2D eigenvalue weighted by atomic mass is 16.5. The van der Waals surface area contributed by atoms with E-state index in [1.165, 1.54) is 25.5 Å². The zero-order valence-electron chi connectivity index (χ0n) is 23.8. The van der Waals surface area contributed by atoms with E-state index in [1.54, 1.807) is 12.5 Å². The second-order valence-corrected chi connectivity index (χ2v) is 15.5. The molecule has 4 saturated carbocycles. The Kier molecular flexibility index (Phi) is 5.62. The summed E-state index contributed by atoms with van der Waals surface area (Å²) in [6.07, 6.45) is 15.4. The van der Waals surface area contributed by atoms with Crippen LogP contribution in [0.1, 0.15) is 120 Å². The van der Waals surface area contributed by atoms with Gasteiger partial charge in [0.05, 0.1) is 0 Å². The Morgan fingerprint density at radius 1 is 0.914 bits per heavy atom. The Balaban J connectivity index is 1.54. The lowest BCUT2D eigenvalue weighted by atomic mass is 9.33. The van der Waals surface area contributed by atoms with E-state index in [1.807, 2.05) is 0 Å². The van der Waals surface area contributed by atoms with Gasteiger partial charge >= 0.3 is 5.97 Å². The van der Waals surface area contributed by atoms with Crippen LogP contribution in [0.4, 0.5) is 0 Å². The molecule has 5 aliphatic rings. The Labute approximate surface area is 214 Å². The third-order valence-corrected chi connectivity index (χ3v) is 13.2. The molecule has 0 bridgehead atoms. The minimum atomic E-state index is -0.138. The van der Waals surface area contributed by atoms with Crippen LogP contribution in [-0.4, -0.2) is 18.4 Å². The zero-order valence-corrected chi connectivity index (χ0v) is 23.8. The van der Waals surface area contributed by atoms with Crippen molar-refractivity contribution in [2.24, 2.45) is 50.2 Å². The van der Waals surface area contributed by atoms with Gasteiger partial charge in [-0.2, -0.15) is 0 Å². The molecule has 0 saturated heterocycles. The molecule has 0 heterocycles. The second kappa shape index (κ2) is 7.70. The molecule has 5 aliphatic carbocycles. The highest BCUT2D eigenvalue weighted by Gasteiger charge is 2.68. The first kappa shape index (κ1) is 25.5. The summed E-state index contributed by atoms with van der Waals surface area (Å²) in [4.78, 5) is 24.5. The maximum atomic E-state index is 12.6. The summed E-state index contributed by atoms with van der Waals surface area (Å²) in [5, 5.41) is 0. The van der Waals surface area contributed by atoms with E-state index in [2.05, 4.69) is 54.5 Å². The van der Waals surface area contributed by atoms with Gasteiger partial charge in [0.2, 0.25) is 0 Å². The molecule has 0 aromatic heterocycles. The number of carbonyl (C=O) groups is 2. The Hall–Kier alpha value is -1.12. The number of esters is 1. The first-order chi connectivity index (χ1) is 16.2. The van der Waals surface area contributed by atoms with Gasteiger partial charge in [-0.15, -0.1) is 0 Å². The minimum absolute atomic E-state index is 0.00245. The third-order valence-electron chi connectivity index (χ3n) is 13.2. The van der Waals surface area contributed by atoms with Crippen molar-refractivity contribution < 1.29 is 14.3 Å². The molecule has 8 atom stereocenters. The smallest absolute Gasteiger partial charge is 0.302 e. The summed E-state index contributed by atoms with van der Waals surface area (Å²) in [7, 11) is 0. The van der Waals surface area contributed by atoms with Gasteiger partial charge in [-0.1, -0.05) is 60.1 Å². The second-order valence-electron chi connectivity index (χ2n) is 15.5. The largest absolute Gasteiger partial charge is 0.462 e. The third kappa shape index (κ3) is 3.34. The van der Waals surface area contributed by atoms with Crippen molar-refractivity contribution in [3.63, 3.8) is 0 Å². The van der Waals surface area contributed by atoms with E-state index in [9.17, 15) is 9.59 Å². The summed E-state index contributed by atoms with van der Waals surface area (Å²) in [6, 6.07) is 0. The number of ether oxygens (including phenoxy) is 1. The van der Waals surface area contributed by atoms with E-state index in [0.29, 0.717) is 23.2 Å². The van der Waals surface area contributed by atoms with Crippen LogP contribution in [0, 0.1) is 50.2 Å². The molecule has 0 spiro atoms. The number of allylic oxidation sites excluding steroid dienone is 2. The molecule has 0 N–H and O–H groups in total. The van der Waals surface area contributed by atoms with Gasteiger partial charge in [0, 0.05) is 17.8 Å². The fourth-order valence-electron chi connectivity index (χ4n) is 10.9. The van der Waals surface area contributed by atoms with Crippen LogP contribution in [-0.2, 0) is 14.3 Å². The van der Waals surface area contributed by atoms with E-state index >= 15 is 0 Å². The average Bonchev–Trinajstić information content (AvgIpc) is 2.76. The topological polar surface area (TPSA) is 43.4 Å². The number of hydrogen-bond donors (Lipinski definition) is 0. The summed E-state index contributed by atoms with van der Waals surface area (Å²) in [5.41, 5.74) is 2.51. The summed E-state index contributed by atoms with van der Waals surface area (Å²) >= 11 is 0. The fraction of sp³-hybridized carbons (Fsp3) is 0.875. The Morgan fingerprint density at radius 3 is 2.26 bits per heavy atom. The summed E-state index contributed by atoms with van der Waals surface area (Å²) in [6.45, 7) is 18.9. The highest BCUT2D eigenvalue weighted by molar-refractivity contribution is 5.66. The Morgan fingerprint density at radius 2 is 1.60 bits per heavy atom. The van der Waals surface area contributed by atoms with Crippen molar-refractivity contribution in [1.82, 2.24) is 0 Å². The van der Waals surface area contributed by atoms with Gasteiger partial charge in [-0.3, -0.25) is 4.79 Å².